The normalized spacial score (nSPS) is 12.5. The number of carbonyl (C=O) groups is 1. The largest absolute Gasteiger partial charge is 0.392 e. The van der Waals surface area contributed by atoms with Crippen molar-refractivity contribution in [3.05, 3.63) is 22.4 Å². The molecule has 1 rings (SSSR count). The summed E-state index contributed by atoms with van der Waals surface area (Å²) in [6.45, 7) is 1.88. The molecule has 0 spiro atoms. The molecule has 0 saturated carbocycles. The number of aliphatic hydroxyl groups excluding tert-OH is 1. The van der Waals surface area contributed by atoms with E-state index >= 15 is 0 Å². The molecular formula is C8H11BrN2O2. The van der Waals surface area contributed by atoms with Crippen LogP contribution in [0, 0.1) is 0 Å². The lowest BCUT2D eigenvalue weighted by molar-refractivity contribution is 0.0919. The molecule has 1 amide bonds. The number of carbonyl (C=O) groups excluding carboxylic acids is 1. The average Bonchev–Trinajstić information content (AvgIpc) is 2.47. The third-order valence-corrected chi connectivity index (χ3v) is 1.91. The van der Waals surface area contributed by atoms with Gasteiger partial charge >= 0.3 is 0 Å². The first-order valence-corrected chi connectivity index (χ1v) is 4.69. The predicted octanol–water partition coefficient (Wildman–Crippen LogP) is 0.888. The van der Waals surface area contributed by atoms with Gasteiger partial charge in [0.15, 0.2) is 0 Å². The molecule has 1 atom stereocenters. The summed E-state index contributed by atoms with van der Waals surface area (Å²) in [5, 5.41) is 11.5. The van der Waals surface area contributed by atoms with E-state index in [2.05, 4.69) is 26.2 Å². The van der Waals surface area contributed by atoms with Crippen molar-refractivity contribution in [1.29, 1.82) is 0 Å². The molecule has 0 aliphatic rings. The van der Waals surface area contributed by atoms with Crippen LogP contribution in [-0.2, 0) is 0 Å². The van der Waals surface area contributed by atoms with Gasteiger partial charge in [-0.15, -0.1) is 0 Å². The maximum atomic E-state index is 11.3. The zero-order valence-corrected chi connectivity index (χ0v) is 8.76. The van der Waals surface area contributed by atoms with E-state index < -0.39 is 6.10 Å². The number of aromatic nitrogens is 1. The predicted molar refractivity (Wildman–Crippen MR) is 52.5 cm³/mol. The van der Waals surface area contributed by atoms with Crippen LogP contribution in [0.5, 0.6) is 0 Å². The van der Waals surface area contributed by atoms with Crippen LogP contribution in [0.2, 0.25) is 0 Å². The first kappa shape index (κ1) is 10.3. The molecule has 1 aromatic rings. The summed E-state index contributed by atoms with van der Waals surface area (Å²) in [5.41, 5.74) is 0.479. The van der Waals surface area contributed by atoms with Crippen LogP contribution >= 0.6 is 15.9 Å². The number of hydrogen-bond donors (Lipinski definition) is 3. The Labute approximate surface area is 84.5 Å². The maximum absolute atomic E-state index is 11.3. The van der Waals surface area contributed by atoms with Crippen molar-refractivity contribution in [2.75, 3.05) is 6.54 Å². The van der Waals surface area contributed by atoms with Gasteiger partial charge in [0.05, 0.1) is 6.10 Å². The van der Waals surface area contributed by atoms with Crippen molar-refractivity contribution in [3.8, 4) is 0 Å². The number of halogens is 1. The van der Waals surface area contributed by atoms with Gasteiger partial charge in [0.2, 0.25) is 0 Å². The van der Waals surface area contributed by atoms with Gasteiger partial charge in [0, 0.05) is 17.2 Å². The zero-order chi connectivity index (χ0) is 9.84. The van der Waals surface area contributed by atoms with Crippen LogP contribution in [-0.4, -0.2) is 28.6 Å². The average molecular weight is 247 g/mol. The smallest absolute Gasteiger partial charge is 0.267 e. The molecule has 0 bridgehead atoms. The Bertz CT molecular complexity index is 296. The Balaban J connectivity index is 2.49. The molecule has 72 valence electrons. The SMILES string of the molecule is C[C@H](O)CNC(=O)c1cc(Br)c[nH]1. The second-order valence-electron chi connectivity index (χ2n) is 2.79. The minimum atomic E-state index is -0.526. The van der Waals surface area contributed by atoms with Gasteiger partial charge in [0.1, 0.15) is 5.69 Å². The minimum Gasteiger partial charge on any atom is -0.392 e. The molecule has 1 heterocycles. The van der Waals surface area contributed by atoms with E-state index in [1.807, 2.05) is 0 Å². The highest BCUT2D eigenvalue weighted by molar-refractivity contribution is 9.10. The third kappa shape index (κ3) is 3.20. The van der Waals surface area contributed by atoms with Crippen LogP contribution in [0.15, 0.2) is 16.7 Å². The van der Waals surface area contributed by atoms with Crippen LogP contribution in [0.4, 0.5) is 0 Å². The Morgan fingerprint density at radius 1 is 1.85 bits per heavy atom. The molecule has 0 aliphatic heterocycles. The Morgan fingerprint density at radius 2 is 2.54 bits per heavy atom. The lowest BCUT2D eigenvalue weighted by Crippen LogP contribution is -2.30. The lowest BCUT2D eigenvalue weighted by Gasteiger charge is -2.04. The quantitative estimate of drug-likeness (QED) is 0.742. The van der Waals surface area contributed by atoms with Crippen LogP contribution in [0.25, 0.3) is 0 Å². The first-order valence-electron chi connectivity index (χ1n) is 3.90. The maximum Gasteiger partial charge on any atom is 0.267 e. The number of nitrogens with one attached hydrogen (secondary N) is 2. The van der Waals surface area contributed by atoms with Crippen molar-refractivity contribution < 1.29 is 9.90 Å². The molecule has 0 radical (unpaired) electrons. The molecule has 5 heteroatoms. The molecule has 0 aliphatic carbocycles. The minimum absolute atomic E-state index is 0.216. The van der Waals surface area contributed by atoms with Crippen LogP contribution in [0.3, 0.4) is 0 Å². The standard InChI is InChI=1S/C8H11BrN2O2/c1-5(12)3-11-8(13)7-2-6(9)4-10-7/h2,4-5,10,12H,3H2,1H3,(H,11,13)/t5-/m0/s1. The fourth-order valence-electron chi connectivity index (χ4n) is 0.835. The van der Waals surface area contributed by atoms with E-state index in [-0.39, 0.29) is 12.5 Å². The topological polar surface area (TPSA) is 65.1 Å². The highest BCUT2D eigenvalue weighted by Crippen LogP contribution is 2.09. The molecule has 4 nitrogen and oxygen atoms in total. The molecule has 1 aromatic heterocycles. The van der Waals surface area contributed by atoms with Gasteiger partial charge < -0.3 is 15.4 Å². The van der Waals surface area contributed by atoms with Gasteiger partial charge in [-0.25, -0.2) is 0 Å². The van der Waals surface area contributed by atoms with Crippen molar-refractivity contribution in [2.45, 2.75) is 13.0 Å². The van der Waals surface area contributed by atoms with Crippen molar-refractivity contribution in [1.82, 2.24) is 10.3 Å². The summed E-state index contributed by atoms with van der Waals surface area (Å²) in [5.74, 6) is -0.216. The fraction of sp³-hybridized carbons (Fsp3) is 0.375. The summed E-state index contributed by atoms with van der Waals surface area (Å²) in [6.07, 6.45) is 1.15. The molecule has 0 fully saturated rings. The van der Waals surface area contributed by atoms with Crippen molar-refractivity contribution in [3.63, 3.8) is 0 Å². The van der Waals surface area contributed by atoms with Gasteiger partial charge in [-0.05, 0) is 28.9 Å². The molecule has 0 aromatic carbocycles. The Morgan fingerprint density at radius 3 is 3.00 bits per heavy atom. The van der Waals surface area contributed by atoms with E-state index in [0.717, 1.165) is 4.47 Å². The van der Waals surface area contributed by atoms with Gasteiger partial charge in [-0.1, -0.05) is 0 Å². The summed E-state index contributed by atoms with van der Waals surface area (Å²) >= 11 is 3.22. The van der Waals surface area contributed by atoms with E-state index in [0.29, 0.717) is 5.69 Å². The number of aromatic amines is 1. The summed E-state index contributed by atoms with van der Waals surface area (Å²) < 4.78 is 0.828. The van der Waals surface area contributed by atoms with E-state index in [1.165, 1.54) is 0 Å². The number of rotatable bonds is 3. The molecular weight excluding hydrogens is 236 g/mol. The van der Waals surface area contributed by atoms with Crippen molar-refractivity contribution in [2.24, 2.45) is 0 Å². The molecule has 3 N–H and O–H groups in total. The highest BCUT2D eigenvalue weighted by Gasteiger charge is 2.07. The lowest BCUT2D eigenvalue weighted by atomic mass is 10.3. The summed E-state index contributed by atoms with van der Waals surface area (Å²) in [7, 11) is 0. The van der Waals surface area contributed by atoms with E-state index in [4.69, 9.17) is 5.11 Å². The number of hydrogen-bond acceptors (Lipinski definition) is 2. The third-order valence-electron chi connectivity index (χ3n) is 1.45. The molecule has 13 heavy (non-hydrogen) atoms. The van der Waals surface area contributed by atoms with Crippen LogP contribution in [0.1, 0.15) is 17.4 Å². The van der Waals surface area contributed by atoms with Gasteiger partial charge in [0.25, 0.3) is 5.91 Å². The Hall–Kier alpha value is -0.810. The van der Waals surface area contributed by atoms with Gasteiger partial charge in [-0.3, -0.25) is 4.79 Å². The monoisotopic (exact) mass is 246 g/mol. The number of H-pyrrole nitrogens is 1. The van der Waals surface area contributed by atoms with E-state index in [9.17, 15) is 4.79 Å². The first-order chi connectivity index (χ1) is 6.09. The number of aliphatic hydroxyl groups is 1. The fourth-order valence-corrected chi connectivity index (χ4v) is 1.18. The second kappa shape index (κ2) is 4.43. The Kier molecular flexibility index (Phi) is 3.50. The number of amides is 1. The molecule has 0 saturated heterocycles. The highest BCUT2D eigenvalue weighted by atomic mass is 79.9. The van der Waals surface area contributed by atoms with E-state index in [1.54, 1.807) is 19.2 Å². The van der Waals surface area contributed by atoms with Crippen LogP contribution < -0.4 is 5.32 Å². The zero-order valence-electron chi connectivity index (χ0n) is 7.17. The van der Waals surface area contributed by atoms with Gasteiger partial charge in [-0.2, -0.15) is 0 Å². The molecule has 0 unspecified atom stereocenters. The summed E-state index contributed by atoms with van der Waals surface area (Å²) in [6, 6.07) is 1.68. The van der Waals surface area contributed by atoms with Crippen molar-refractivity contribution >= 4 is 21.8 Å². The summed E-state index contributed by atoms with van der Waals surface area (Å²) in [4.78, 5) is 14.1. The second-order valence-corrected chi connectivity index (χ2v) is 3.71.